The number of carbonyl (C=O) groups excluding carboxylic acids is 2. The molecule has 2 rings (SSSR count). The second kappa shape index (κ2) is 11.1. The fraction of sp³-hybridized carbons (Fsp3) is 0.478. The maximum atomic E-state index is 13.2. The largest absolute Gasteiger partial charge is 0.353 e. The molecule has 2 amide bonds. The number of halogens is 1. The van der Waals surface area contributed by atoms with Gasteiger partial charge >= 0.3 is 0 Å². The van der Waals surface area contributed by atoms with Gasteiger partial charge in [-0.3, -0.25) is 9.59 Å². The maximum Gasteiger partial charge on any atom is 0.254 e. The molecule has 0 saturated heterocycles. The van der Waals surface area contributed by atoms with Crippen molar-refractivity contribution in [1.29, 1.82) is 0 Å². The van der Waals surface area contributed by atoms with Gasteiger partial charge in [0.1, 0.15) is 6.54 Å². The zero-order valence-electron chi connectivity index (χ0n) is 17.9. The first-order chi connectivity index (χ1) is 13.9. The Kier molecular flexibility index (Phi) is 8.77. The van der Waals surface area contributed by atoms with E-state index in [0.29, 0.717) is 23.7 Å². The number of aryl methyl sites for hydroxylation is 1. The van der Waals surface area contributed by atoms with Crippen molar-refractivity contribution < 1.29 is 9.59 Å². The Morgan fingerprint density at radius 3 is 2.52 bits per heavy atom. The molecular weight excluding hydrogens is 386 g/mol. The molecule has 0 aliphatic heterocycles. The molecule has 0 fully saturated rings. The van der Waals surface area contributed by atoms with Gasteiger partial charge in [0, 0.05) is 42.1 Å². The SMILES string of the molecule is CCCCN(Cc1cccn1C)C(=O)CN(C(=O)c1cccc(Cl)c1)[C@H](C)CC. The molecule has 0 N–H and O–H groups in total. The molecule has 158 valence electrons. The van der Waals surface area contributed by atoms with Gasteiger partial charge in [-0.1, -0.05) is 37.9 Å². The Hall–Kier alpha value is -2.27. The molecule has 2 aromatic rings. The molecule has 0 aliphatic rings. The second-order valence-electron chi connectivity index (χ2n) is 7.48. The van der Waals surface area contributed by atoms with Crippen LogP contribution in [-0.4, -0.2) is 45.3 Å². The third kappa shape index (κ3) is 6.36. The molecule has 29 heavy (non-hydrogen) atoms. The minimum absolute atomic E-state index is 0.0321. The Morgan fingerprint density at radius 1 is 1.17 bits per heavy atom. The predicted molar refractivity (Wildman–Crippen MR) is 118 cm³/mol. The Morgan fingerprint density at radius 2 is 1.93 bits per heavy atom. The molecule has 0 bridgehead atoms. The summed E-state index contributed by atoms with van der Waals surface area (Å²) in [6.45, 7) is 7.39. The van der Waals surface area contributed by atoms with E-state index >= 15 is 0 Å². The lowest BCUT2D eigenvalue weighted by atomic mass is 10.1. The Balaban J connectivity index is 2.20. The zero-order chi connectivity index (χ0) is 21.4. The molecule has 0 saturated carbocycles. The monoisotopic (exact) mass is 417 g/mol. The molecule has 0 unspecified atom stereocenters. The van der Waals surface area contributed by atoms with Crippen LogP contribution >= 0.6 is 11.6 Å². The molecule has 0 aliphatic carbocycles. The van der Waals surface area contributed by atoms with E-state index in [4.69, 9.17) is 11.6 Å². The van der Waals surface area contributed by atoms with Gasteiger partial charge in [-0.2, -0.15) is 0 Å². The van der Waals surface area contributed by atoms with E-state index in [-0.39, 0.29) is 24.4 Å². The van der Waals surface area contributed by atoms with E-state index in [0.717, 1.165) is 25.0 Å². The van der Waals surface area contributed by atoms with Gasteiger partial charge in [0.05, 0.1) is 6.54 Å². The number of carbonyl (C=O) groups is 2. The van der Waals surface area contributed by atoms with Gasteiger partial charge in [-0.25, -0.2) is 0 Å². The molecular formula is C23H32ClN3O2. The molecule has 1 aromatic heterocycles. The van der Waals surface area contributed by atoms with Crippen LogP contribution in [0, 0.1) is 0 Å². The van der Waals surface area contributed by atoms with Crippen molar-refractivity contribution in [2.75, 3.05) is 13.1 Å². The summed E-state index contributed by atoms with van der Waals surface area (Å²) in [6, 6.07) is 10.9. The molecule has 1 aromatic carbocycles. The van der Waals surface area contributed by atoms with E-state index in [1.807, 2.05) is 48.7 Å². The summed E-state index contributed by atoms with van der Waals surface area (Å²) in [5, 5.41) is 0.513. The number of nitrogens with zero attached hydrogens (tertiary/aromatic N) is 3. The fourth-order valence-corrected chi connectivity index (χ4v) is 3.37. The number of hydrogen-bond acceptors (Lipinski definition) is 2. The van der Waals surface area contributed by atoms with Crippen molar-refractivity contribution in [3.05, 3.63) is 58.9 Å². The lowest BCUT2D eigenvalue weighted by Crippen LogP contribution is -2.46. The smallest absolute Gasteiger partial charge is 0.254 e. The molecule has 1 atom stereocenters. The highest BCUT2D eigenvalue weighted by atomic mass is 35.5. The first kappa shape index (κ1) is 23.0. The average molecular weight is 418 g/mol. The number of aromatic nitrogens is 1. The van der Waals surface area contributed by atoms with E-state index in [9.17, 15) is 9.59 Å². The lowest BCUT2D eigenvalue weighted by Gasteiger charge is -2.31. The molecule has 0 radical (unpaired) electrons. The van der Waals surface area contributed by atoms with Crippen molar-refractivity contribution in [3.8, 4) is 0 Å². The first-order valence-corrected chi connectivity index (χ1v) is 10.7. The van der Waals surface area contributed by atoms with E-state index in [1.54, 1.807) is 29.2 Å². The quantitative estimate of drug-likeness (QED) is 0.560. The first-order valence-electron chi connectivity index (χ1n) is 10.3. The fourth-order valence-electron chi connectivity index (χ4n) is 3.18. The third-order valence-electron chi connectivity index (χ3n) is 5.30. The van der Waals surface area contributed by atoms with Crippen molar-refractivity contribution >= 4 is 23.4 Å². The average Bonchev–Trinajstić information content (AvgIpc) is 3.12. The van der Waals surface area contributed by atoms with Crippen molar-refractivity contribution in [2.45, 2.75) is 52.6 Å². The molecule has 5 nitrogen and oxygen atoms in total. The summed E-state index contributed by atoms with van der Waals surface area (Å²) in [6.07, 6.45) is 4.69. The number of hydrogen-bond donors (Lipinski definition) is 0. The topological polar surface area (TPSA) is 45.6 Å². The summed E-state index contributed by atoms with van der Waals surface area (Å²) < 4.78 is 2.02. The van der Waals surface area contributed by atoms with E-state index < -0.39 is 0 Å². The molecule has 0 spiro atoms. The van der Waals surface area contributed by atoms with Gasteiger partial charge in [0.15, 0.2) is 0 Å². The van der Waals surface area contributed by atoms with Gasteiger partial charge in [-0.15, -0.1) is 0 Å². The zero-order valence-corrected chi connectivity index (χ0v) is 18.7. The van der Waals surface area contributed by atoms with E-state index in [2.05, 4.69) is 6.92 Å². The predicted octanol–water partition coefficient (Wildman–Crippen LogP) is 4.75. The maximum absolute atomic E-state index is 13.2. The van der Waals surface area contributed by atoms with Crippen LogP contribution in [0.3, 0.4) is 0 Å². The van der Waals surface area contributed by atoms with Crippen molar-refractivity contribution in [2.24, 2.45) is 7.05 Å². The minimum Gasteiger partial charge on any atom is -0.353 e. The van der Waals surface area contributed by atoms with Gasteiger partial charge < -0.3 is 14.4 Å². The second-order valence-corrected chi connectivity index (χ2v) is 7.92. The van der Waals surface area contributed by atoms with Crippen LogP contribution in [0.4, 0.5) is 0 Å². The normalized spacial score (nSPS) is 11.9. The van der Waals surface area contributed by atoms with Gasteiger partial charge in [0.25, 0.3) is 5.91 Å². The van der Waals surface area contributed by atoms with Crippen LogP contribution < -0.4 is 0 Å². The van der Waals surface area contributed by atoms with Gasteiger partial charge in [-0.05, 0) is 50.1 Å². The summed E-state index contributed by atoms with van der Waals surface area (Å²) in [4.78, 5) is 29.9. The number of unbranched alkanes of at least 4 members (excludes halogenated alkanes) is 1. The summed E-state index contributed by atoms with van der Waals surface area (Å²) in [5.74, 6) is -0.195. The van der Waals surface area contributed by atoms with Crippen LogP contribution in [-0.2, 0) is 18.4 Å². The third-order valence-corrected chi connectivity index (χ3v) is 5.53. The molecule has 1 heterocycles. The molecule has 6 heteroatoms. The van der Waals surface area contributed by atoms with Crippen LogP contribution in [0.15, 0.2) is 42.6 Å². The minimum atomic E-state index is -0.162. The summed E-state index contributed by atoms with van der Waals surface area (Å²) in [5.41, 5.74) is 1.58. The highest BCUT2D eigenvalue weighted by Crippen LogP contribution is 2.16. The Bertz CT molecular complexity index is 818. The summed E-state index contributed by atoms with van der Waals surface area (Å²) in [7, 11) is 1.98. The lowest BCUT2D eigenvalue weighted by molar-refractivity contribution is -0.133. The highest BCUT2D eigenvalue weighted by molar-refractivity contribution is 6.31. The van der Waals surface area contributed by atoms with Crippen molar-refractivity contribution in [3.63, 3.8) is 0 Å². The standard InChI is InChI=1S/C23H32ClN3O2/c1-5-7-14-26(16-21-12-9-13-25(21)4)22(28)17-27(18(3)6-2)23(29)19-10-8-11-20(24)15-19/h8-13,15,18H,5-7,14,16-17H2,1-4H3/t18-/m1/s1. The highest BCUT2D eigenvalue weighted by Gasteiger charge is 2.26. The van der Waals surface area contributed by atoms with Gasteiger partial charge in [0.2, 0.25) is 5.91 Å². The van der Waals surface area contributed by atoms with Crippen molar-refractivity contribution in [1.82, 2.24) is 14.4 Å². The van der Waals surface area contributed by atoms with Crippen LogP contribution in [0.5, 0.6) is 0 Å². The number of rotatable bonds is 10. The van der Waals surface area contributed by atoms with Crippen LogP contribution in [0.25, 0.3) is 0 Å². The van der Waals surface area contributed by atoms with E-state index in [1.165, 1.54) is 0 Å². The summed E-state index contributed by atoms with van der Waals surface area (Å²) >= 11 is 6.07. The number of amides is 2. The Labute approximate surface area is 179 Å². The van der Waals surface area contributed by atoms with Crippen LogP contribution in [0.1, 0.15) is 56.1 Å². The number of benzene rings is 1. The van der Waals surface area contributed by atoms with Crippen LogP contribution in [0.2, 0.25) is 5.02 Å².